The second kappa shape index (κ2) is 27.8. The van der Waals surface area contributed by atoms with E-state index in [0.29, 0.717) is 67.9 Å². The lowest BCUT2D eigenvalue weighted by Gasteiger charge is -2.36. The van der Waals surface area contributed by atoms with Gasteiger partial charge in [-0.2, -0.15) is 0 Å². The highest BCUT2D eigenvalue weighted by atomic mass is 19.2. The average Bonchev–Trinajstić information content (AvgIpc) is 1.08. The molecule has 0 radical (unpaired) electrons. The largest absolute Gasteiger partial charge is 0.457 e. The number of halogens is 12. The fourth-order valence-corrected chi connectivity index (χ4v) is 18.8. The van der Waals surface area contributed by atoms with Crippen molar-refractivity contribution < 1.29 is 62.2 Å². The van der Waals surface area contributed by atoms with E-state index in [1.54, 1.807) is 194 Å². The summed E-state index contributed by atoms with van der Waals surface area (Å²) in [4.78, 5) is 3.66. The molecule has 1 spiro atoms. The van der Waals surface area contributed by atoms with Gasteiger partial charge in [-0.05, 0) is 257 Å². The molecule has 0 aliphatic heterocycles. The molecule has 119 heavy (non-hydrogen) atoms. The van der Waals surface area contributed by atoms with Gasteiger partial charge in [0.25, 0.3) is 0 Å². The maximum absolute atomic E-state index is 17.6. The summed E-state index contributed by atoms with van der Waals surface area (Å²) >= 11 is 0. The first-order chi connectivity index (χ1) is 57.9. The van der Waals surface area contributed by atoms with Crippen molar-refractivity contribution in [1.29, 1.82) is 0 Å². The first kappa shape index (κ1) is 73.3. The number of hydrogen-bond acceptors (Lipinski definition) is 4. The van der Waals surface area contributed by atoms with Crippen LogP contribution in [-0.2, 0) is 16.2 Å². The third-order valence-electron chi connectivity index (χ3n) is 23.8. The highest BCUT2D eigenvalue weighted by Crippen LogP contribution is 2.66. The van der Waals surface area contributed by atoms with Crippen LogP contribution in [0, 0.1) is 69.8 Å². The minimum Gasteiger partial charge on any atom is -0.457 e. The average molecular weight is 1580 g/mol. The normalized spacial score (nSPS) is 15.9. The molecule has 0 amide bonds. The van der Waals surface area contributed by atoms with Crippen molar-refractivity contribution >= 4 is 46.3 Å². The van der Waals surface area contributed by atoms with Crippen molar-refractivity contribution in [3.8, 4) is 67.5 Å². The Balaban J connectivity index is 0.785. The lowest BCUT2D eigenvalue weighted by atomic mass is 9.67. The molecule has 4 nitrogen and oxygen atoms in total. The van der Waals surface area contributed by atoms with E-state index in [4.69, 9.17) is 9.47 Å². The lowest BCUT2D eigenvalue weighted by molar-refractivity contribution is 0.363. The minimum atomic E-state index is -2.34. The van der Waals surface area contributed by atoms with Gasteiger partial charge in [-0.15, -0.1) is 0 Å². The van der Waals surface area contributed by atoms with Gasteiger partial charge in [0.1, 0.15) is 34.6 Å². The molecule has 0 fully saturated rings. The van der Waals surface area contributed by atoms with Crippen LogP contribution >= 0.6 is 0 Å². The maximum atomic E-state index is 17.6. The number of fused-ring (bicyclic) bond motifs is 16. The summed E-state index contributed by atoms with van der Waals surface area (Å²) in [6.45, 7) is 7.65. The van der Waals surface area contributed by atoms with Crippen LogP contribution in [0.5, 0.6) is 23.0 Å². The zero-order chi connectivity index (χ0) is 81.7. The molecular weight excluding hydrogens is 1530 g/mol. The van der Waals surface area contributed by atoms with Gasteiger partial charge in [-0.3, -0.25) is 0 Å². The van der Waals surface area contributed by atoms with Crippen molar-refractivity contribution in [2.75, 3.05) is 9.80 Å². The minimum absolute atomic E-state index is 0.110. The molecule has 16 heteroatoms. The van der Waals surface area contributed by atoms with Gasteiger partial charge in [-0.1, -0.05) is 195 Å². The third-order valence-corrected chi connectivity index (χ3v) is 23.8. The molecule has 0 aromatic heterocycles. The molecule has 16 aromatic rings. The summed E-state index contributed by atoms with van der Waals surface area (Å²) in [5, 5.41) is 0. The van der Waals surface area contributed by atoms with Gasteiger partial charge in [0, 0.05) is 45.3 Å². The summed E-state index contributed by atoms with van der Waals surface area (Å²) in [6.07, 6.45) is 3.34. The summed E-state index contributed by atoms with van der Waals surface area (Å²) in [7, 11) is 0. The van der Waals surface area contributed by atoms with Crippen LogP contribution in [0.4, 0.5) is 86.8 Å². The molecule has 4 aliphatic rings. The molecule has 16 aromatic carbocycles. The Kier molecular flexibility index (Phi) is 17.1. The van der Waals surface area contributed by atoms with E-state index in [1.165, 1.54) is 48.5 Å². The Labute approximate surface area is 674 Å². The van der Waals surface area contributed by atoms with Gasteiger partial charge in [0.2, 0.25) is 11.6 Å². The Morgan fingerprint density at radius 2 is 0.445 bits per heavy atom. The molecular formula is C103H58F12N2O2. The van der Waals surface area contributed by atoms with Crippen LogP contribution in [0.15, 0.2) is 329 Å². The van der Waals surface area contributed by atoms with Gasteiger partial charge in [0.15, 0.2) is 46.5 Å². The van der Waals surface area contributed by atoms with Crippen molar-refractivity contribution in [2.45, 2.75) is 16.2 Å². The summed E-state index contributed by atoms with van der Waals surface area (Å²) < 4.78 is 211. The first-order valence-corrected chi connectivity index (χ1v) is 38.0. The van der Waals surface area contributed by atoms with Gasteiger partial charge >= 0.3 is 0 Å². The molecule has 0 saturated carbocycles. The predicted octanol–water partition coefficient (Wildman–Crippen LogP) is 28.2. The van der Waals surface area contributed by atoms with E-state index in [-0.39, 0.29) is 44.9 Å². The third kappa shape index (κ3) is 10.8. The van der Waals surface area contributed by atoms with Crippen molar-refractivity contribution in [1.82, 2.24) is 0 Å². The molecule has 0 saturated heterocycles. The Hall–Kier alpha value is -14.6. The van der Waals surface area contributed by atoms with E-state index >= 15 is 52.7 Å². The Bertz CT molecular complexity index is 6460. The fourth-order valence-electron chi connectivity index (χ4n) is 18.8. The molecule has 576 valence electrons. The zero-order valence-corrected chi connectivity index (χ0v) is 62.3. The van der Waals surface area contributed by atoms with Crippen molar-refractivity contribution in [2.24, 2.45) is 0 Å². The first-order valence-electron chi connectivity index (χ1n) is 38.0. The standard InChI is InChI=1S/C103H58F12N2O2/c1-3-57-21-41-69(42-22-57)118-71-45-25-59(26-46-71)101(89-91(106)95(110)99(114)96(111)92(89)107)81-17-9-5-13-73(81)77-49-37-65(53-85(77)101)116(63-33-29-61(104)30-34-63)67-39-51-79-75-15-7-11-19-83(75)103(87(79)55-67)84-20-12-8-16-76(84)80-52-40-68(56-88(80)103)117(64-35-31-62(105)32-36-64)66-38-50-78-74-14-6-10-18-82(74)102(86(78)54-66,90-93(108)97(112)100(115)98(113)94(90)109)60-27-47-72(48-28-60)119-70-43-23-58(4-2)24-44-70/h3-56H,1-2H2. The number of benzene rings is 16. The maximum Gasteiger partial charge on any atom is 0.200 e. The monoisotopic (exact) mass is 1580 g/mol. The number of nitrogens with zero attached hydrogens (tertiary/aromatic N) is 2. The smallest absolute Gasteiger partial charge is 0.200 e. The van der Waals surface area contributed by atoms with E-state index in [2.05, 4.69) is 25.3 Å². The molecule has 2 atom stereocenters. The number of ether oxygens (including phenoxy) is 2. The summed E-state index contributed by atoms with van der Waals surface area (Å²) in [5.74, 6) is -21.2. The fraction of sp³-hybridized carbons (Fsp3) is 0.0291. The Morgan fingerprint density at radius 1 is 0.218 bits per heavy atom. The predicted molar refractivity (Wildman–Crippen MR) is 439 cm³/mol. The van der Waals surface area contributed by atoms with E-state index < -0.39 is 97.2 Å². The molecule has 0 heterocycles. The molecule has 0 N–H and O–H groups in total. The molecule has 2 unspecified atom stereocenters. The van der Waals surface area contributed by atoms with Crippen LogP contribution in [0.2, 0.25) is 0 Å². The molecule has 4 aliphatic carbocycles. The van der Waals surface area contributed by atoms with Crippen LogP contribution in [0.25, 0.3) is 56.7 Å². The highest BCUT2D eigenvalue weighted by molar-refractivity contribution is 5.99. The van der Waals surface area contributed by atoms with Crippen LogP contribution < -0.4 is 19.3 Å². The molecule has 20 rings (SSSR count). The SMILES string of the molecule is C=Cc1ccc(Oc2ccc(C3(c4c(F)c(F)c(F)c(F)c4F)c4ccccc4-c4ccc(N(c5ccc(F)cc5)c5ccc6c(c5)C5(c7ccccc7-6)c6ccccc6-c6ccc(N(c7ccc(F)cc7)c7ccc8c(c7)C(c7ccc(Oc9ccc(C=C)cc9)cc7)(c7c(F)c(F)c(F)c(F)c7F)c7ccccc7-8)cc65)cc43)cc2)cc1. The van der Waals surface area contributed by atoms with Gasteiger partial charge < -0.3 is 19.3 Å². The summed E-state index contributed by atoms with van der Waals surface area (Å²) in [6, 6.07) is 89.2. The van der Waals surface area contributed by atoms with E-state index in [0.717, 1.165) is 55.6 Å². The van der Waals surface area contributed by atoms with E-state index in [1.807, 2.05) is 82.6 Å². The van der Waals surface area contributed by atoms with Gasteiger partial charge in [0.05, 0.1) is 16.2 Å². The number of hydrogen-bond donors (Lipinski definition) is 0. The molecule has 0 bridgehead atoms. The second-order valence-corrected chi connectivity index (χ2v) is 29.7. The summed E-state index contributed by atoms with van der Waals surface area (Å²) in [5.41, 5.74) is 4.91. The van der Waals surface area contributed by atoms with Crippen LogP contribution in [0.1, 0.15) is 77.9 Å². The van der Waals surface area contributed by atoms with Gasteiger partial charge in [-0.25, -0.2) is 52.7 Å². The topological polar surface area (TPSA) is 24.9 Å². The zero-order valence-electron chi connectivity index (χ0n) is 62.3. The van der Waals surface area contributed by atoms with Crippen LogP contribution in [0.3, 0.4) is 0 Å². The quantitative estimate of drug-likeness (QED) is 0.0547. The number of rotatable bonds is 16. The second-order valence-electron chi connectivity index (χ2n) is 29.7. The van der Waals surface area contributed by atoms with Crippen LogP contribution in [-0.4, -0.2) is 0 Å². The Morgan fingerprint density at radius 3 is 0.723 bits per heavy atom. The van der Waals surface area contributed by atoms with E-state index in [9.17, 15) is 0 Å². The lowest BCUT2D eigenvalue weighted by Crippen LogP contribution is -2.33. The number of anilines is 6. The highest BCUT2D eigenvalue weighted by Gasteiger charge is 2.56. The van der Waals surface area contributed by atoms with Crippen molar-refractivity contribution in [3.05, 3.63) is 476 Å². The van der Waals surface area contributed by atoms with Crippen molar-refractivity contribution in [3.63, 3.8) is 0 Å².